The molecular formula is C17H14ClN3O3. The van der Waals surface area contributed by atoms with Gasteiger partial charge >= 0.3 is 0 Å². The van der Waals surface area contributed by atoms with E-state index in [2.05, 4.69) is 10.3 Å². The molecule has 0 spiro atoms. The minimum Gasteiger partial charge on any atom is -0.493 e. The molecule has 3 rings (SSSR count). The van der Waals surface area contributed by atoms with Crippen molar-refractivity contribution in [1.82, 2.24) is 14.7 Å². The Kier molecular flexibility index (Phi) is 4.22. The number of hydrogen-bond acceptors (Lipinski definition) is 4. The summed E-state index contributed by atoms with van der Waals surface area (Å²) in [6.45, 7) is 1.90. The minimum absolute atomic E-state index is 0.133. The van der Waals surface area contributed by atoms with E-state index in [1.165, 1.54) is 10.6 Å². The largest absolute Gasteiger partial charge is 0.493 e. The first kappa shape index (κ1) is 16.0. The second-order valence-corrected chi connectivity index (χ2v) is 5.68. The molecule has 1 amide bonds. The number of halogens is 1. The Morgan fingerprint density at radius 3 is 2.79 bits per heavy atom. The van der Waals surface area contributed by atoms with E-state index in [9.17, 15) is 14.7 Å². The summed E-state index contributed by atoms with van der Waals surface area (Å²) < 4.78 is 1.24. The molecular weight excluding hydrogens is 330 g/mol. The third-order valence-corrected chi connectivity index (χ3v) is 4.02. The number of nitrogens with one attached hydrogen (secondary N) is 1. The highest BCUT2D eigenvalue weighted by molar-refractivity contribution is 6.31. The summed E-state index contributed by atoms with van der Waals surface area (Å²) in [5, 5.41) is 13.1. The highest BCUT2D eigenvalue weighted by Gasteiger charge is 2.20. The maximum atomic E-state index is 12.5. The summed E-state index contributed by atoms with van der Waals surface area (Å²) in [4.78, 5) is 28.8. The van der Waals surface area contributed by atoms with Crippen molar-refractivity contribution in [2.24, 2.45) is 0 Å². The van der Waals surface area contributed by atoms with E-state index in [0.29, 0.717) is 21.8 Å². The van der Waals surface area contributed by atoms with Crippen LogP contribution in [-0.4, -0.2) is 20.4 Å². The lowest BCUT2D eigenvalue weighted by atomic mass is 10.2. The second-order valence-electron chi connectivity index (χ2n) is 5.27. The van der Waals surface area contributed by atoms with Gasteiger partial charge in [0.2, 0.25) is 5.88 Å². The van der Waals surface area contributed by atoms with Crippen molar-refractivity contribution in [1.29, 1.82) is 0 Å². The van der Waals surface area contributed by atoms with Crippen molar-refractivity contribution in [2.45, 2.75) is 13.5 Å². The first-order valence-corrected chi connectivity index (χ1v) is 7.59. The molecule has 2 N–H and O–H groups in total. The number of aryl methyl sites for hydroxylation is 1. The lowest BCUT2D eigenvalue weighted by Gasteiger charge is -2.09. The molecule has 2 heterocycles. The fourth-order valence-corrected chi connectivity index (χ4v) is 2.59. The predicted octanol–water partition coefficient (Wildman–Crippen LogP) is 2.29. The van der Waals surface area contributed by atoms with E-state index in [4.69, 9.17) is 11.6 Å². The van der Waals surface area contributed by atoms with Gasteiger partial charge in [0.05, 0.1) is 0 Å². The number of nitrogens with zero attached hydrogens (tertiary/aromatic N) is 2. The Morgan fingerprint density at radius 1 is 1.29 bits per heavy atom. The number of aromatic nitrogens is 2. The van der Waals surface area contributed by atoms with Crippen LogP contribution in [0.3, 0.4) is 0 Å². The molecule has 0 unspecified atom stereocenters. The molecule has 0 saturated heterocycles. The summed E-state index contributed by atoms with van der Waals surface area (Å²) in [6, 6.07) is 10.5. The first-order chi connectivity index (χ1) is 11.5. The number of amides is 1. The van der Waals surface area contributed by atoms with Gasteiger partial charge in [0, 0.05) is 17.8 Å². The monoisotopic (exact) mass is 343 g/mol. The zero-order chi connectivity index (χ0) is 17.3. The Bertz CT molecular complexity index is 998. The molecule has 0 saturated carbocycles. The van der Waals surface area contributed by atoms with Crippen LogP contribution in [0.4, 0.5) is 0 Å². The highest BCUT2D eigenvalue weighted by Crippen LogP contribution is 2.16. The lowest BCUT2D eigenvalue weighted by molar-refractivity contribution is 0.0945. The summed E-state index contributed by atoms with van der Waals surface area (Å²) in [6.07, 6.45) is 1.50. The molecule has 1 aromatic carbocycles. The molecule has 0 aliphatic carbocycles. The number of aromatic hydroxyl groups is 1. The van der Waals surface area contributed by atoms with Crippen LogP contribution in [0, 0.1) is 6.92 Å². The van der Waals surface area contributed by atoms with Crippen LogP contribution in [-0.2, 0) is 6.54 Å². The van der Waals surface area contributed by atoms with E-state index >= 15 is 0 Å². The summed E-state index contributed by atoms with van der Waals surface area (Å²) >= 11 is 6.03. The Labute approximate surface area is 142 Å². The molecule has 0 aliphatic rings. The summed E-state index contributed by atoms with van der Waals surface area (Å²) in [5.74, 6) is -1.30. The molecule has 2 aromatic heterocycles. The third-order valence-electron chi connectivity index (χ3n) is 3.65. The molecule has 0 aliphatic heterocycles. The Hall–Kier alpha value is -2.86. The molecule has 3 aromatic rings. The van der Waals surface area contributed by atoms with Crippen LogP contribution in [0.25, 0.3) is 5.65 Å². The van der Waals surface area contributed by atoms with Gasteiger partial charge in [-0.25, -0.2) is 0 Å². The zero-order valence-electron chi connectivity index (χ0n) is 12.8. The van der Waals surface area contributed by atoms with Crippen LogP contribution in [0.5, 0.6) is 5.88 Å². The van der Waals surface area contributed by atoms with Crippen molar-refractivity contribution < 1.29 is 9.90 Å². The number of carbonyl (C=O) groups excluding carboxylic acids is 1. The number of hydrogen-bond donors (Lipinski definition) is 2. The number of benzene rings is 1. The molecule has 0 fully saturated rings. The van der Waals surface area contributed by atoms with Gasteiger partial charge in [0.25, 0.3) is 11.5 Å². The topological polar surface area (TPSA) is 83.7 Å². The van der Waals surface area contributed by atoms with Crippen LogP contribution in [0.2, 0.25) is 5.02 Å². The fourth-order valence-electron chi connectivity index (χ4n) is 2.39. The van der Waals surface area contributed by atoms with Gasteiger partial charge in [-0.1, -0.05) is 35.9 Å². The van der Waals surface area contributed by atoms with E-state index < -0.39 is 22.9 Å². The Morgan fingerprint density at radius 2 is 2.04 bits per heavy atom. The standard InChI is InChI=1S/C17H14ClN3O3/c1-10-5-4-8-21-14(10)20-16(23)13(17(21)24)15(22)19-9-11-6-2-3-7-12(11)18/h2-8,23H,9H2,1H3,(H,19,22). The van der Waals surface area contributed by atoms with Gasteiger partial charge in [-0.3, -0.25) is 14.0 Å². The van der Waals surface area contributed by atoms with Crippen LogP contribution >= 0.6 is 11.6 Å². The molecule has 0 radical (unpaired) electrons. The maximum Gasteiger partial charge on any atom is 0.274 e. The average Bonchev–Trinajstić information content (AvgIpc) is 2.55. The van der Waals surface area contributed by atoms with Crippen LogP contribution in [0.15, 0.2) is 47.4 Å². The zero-order valence-corrected chi connectivity index (χ0v) is 13.5. The lowest BCUT2D eigenvalue weighted by Crippen LogP contribution is -2.31. The van der Waals surface area contributed by atoms with Gasteiger partial charge in [-0.05, 0) is 30.2 Å². The van der Waals surface area contributed by atoms with Gasteiger partial charge < -0.3 is 10.4 Å². The molecule has 122 valence electrons. The second kappa shape index (κ2) is 6.33. The molecule has 0 bridgehead atoms. The summed E-state index contributed by atoms with van der Waals surface area (Å²) in [5.41, 5.74) is 0.704. The number of rotatable bonds is 3. The van der Waals surface area contributed by atoms with Crippen molar-refractivity contribution in [3.05, 3.63) is 74.7 Å². The summed E-state index contributed by atoms with van der Waals surface area (Å²) in [7, 11) is 0. The first-order valence-electron chi connectivity index (χ1n) is 7.21. The third kappa shape index (κ3) is 2.83. The normalized spacial score (nSPS) is 10.8. The van der Waals surface area contributed by atoms with E-state index in [1.807, 2.05) is 0 Å². The average molecular weight is 344 g/mol. The van der Waals surface area contributed by atoms with E-state index in [-0.39, 0.29) is 6.54 Å². The van der Waals surface area contributed by atoms with Gasteiger partial charge in [0.15, 0.2) is 5.56 Å². The van der Waals surface area contributed by atoms with Gasteiger partial charge in [-0.15, -0.1) is 0 Å². The predicted molar refractivity (Wildman–Crippen MR) is 90.5 cm³/mol. The molecule has 7 heteroatoms. The number of carbonyl (C=O) groups is 1. The molecule has 6 nitrogen and oxygen atoms in total. The van der Waals surface area contributed by atoms with E-state index in [1.54, 1.807) is 43.3 Å². The van der Waals surface area contributed by atoms with E-state index in [0.717, 1.165) is 0 Å². The SMILES string of the molecule is Cc1cccn2c(=O)c(C(=O)NCc3ccccc3Cl)c(O)nc12. The van der Waals surface area contributed by atoms with Crippen LogP contribution < -0.4 is 10.9 Å². The Balaban J connectivity index is 1.96. The van der Waals surface area contributed by atoms with Gasteiger partial charge in [-0.2, -0.15) is 4.98 Å². The fraction of sp³-hybridized carbons (Fsp3) is 0.118. The molecule has 24 heavy (non-hydrogen) atoms. The van der Waals surface area contributed by atoms with Crippen molar-refractivity contribution in [3.63, 3.8) is 0 Å². The minimum atomic E-state index is -0.708. The quantitative estimate of drug-likeness (QED) is 0.764. The van der Waals surface area contributed by atoms with Crippen molar-refractivity contribution in [3.8, 4) is 5.88 Å². The van der Waals surface area contributed by atoms with Gasteiger partial charge in [0.1, 0.15) is 5.65 Å². The smallest absolute Gasteiger partial charge is 0.274 e. The molecule has 0 atom stereocenters. The maximum absolute atomic E-state index is 12.5. The number of pyridine rings is 1. The van der Waals surface area contributed by atoms with Crippen molar-refractivity contribution in [2.75, 3.05) is 0 Å². The number of fused-ring (bicyclic) bond motifs is 1. The highest BCUT2D eigenvalue weighted by atomic mass is 35.5. The van der Waals surface area contributed by atoms with Crippen molar-refractivity contribution >= 4 is 23.2 Å². The van der Waals surface area contributed by atoms with Crippen LogP contribution in [0.1, 0.15) is 21.5 Å².